The van der Waals surface area contributed by atoms with Crippen molar-refractivity contribution >= 4 is 27.7 Å². The summed E-state index contributed by atoms with van der Waals surface area (Å²) in [5, 5.41) is 19.9. The molecular weight excluding hydrogens is 322 g/mol. The van der Waals surface area contributed by atoms with Crippen LogP contribution >= 0.6 is 15.9 Å². The lowest BCUT2D eigenvalue weighted by Gasteiger charge is -2.08. The lowest BCUT2D eigenvalue weighted by atomic mass is 10.1. The van der Waals surface area contributed by atoms with Gasteiger partial charge in [0.25, 0.3) is 0 Å². The SMILES string of the molecule is CC(CNc1ccc(-c2cccc(Br)c2)nn1)C(=O)O. The molecule has 5 nitrogen and oxygen atoms in total. The normalized spacial score (nSPS) is 11.9. The minimum atomic E-state index is -0.837. The molecule has 1 unspecified atom stereocenters. The Bertz CT molecular complexity index is 602. The molecule has 0 spiro atoms. The second-order valence-electron chi connectivity index (χ2n) is 4.43. The zero-order valence-corrected chi connectivity index (χ0v) is 12.5. The highest BCUT2D eigenvalue weighted by molar-refractivity contribution is 9.10. The van der Waals surface area contributed by atoms with Crippen molar-refractivity contribution in [2.45, 2.75) is 6.92 Å². The van der Waals surface area contributed by atoms with Crippen LogP contribution in [0.1, 0.15) is 6.92 Å². The molecule has 104 valence electrons. The predicted octanol–water partition coefficient (Wildman–Crippen LogP) is 3.04. The predicted molar refractivity (Wildman–Crippen MR) is 80.5 cm³/mol. The number of hydrogen-bond donors (Lipinski definition) is 2. The lowest BCUT2D eigenvalue weighted by Crippen LogP contribution is -2.20. The van der Waals surface area contributed by atoms with Crippen LogP contribution < -0.4 is 5.32 Å². The lowest BCUT2D eigenvalue weighted by molar-refractivity contribution is -0.140. The molecule has 2 N–H and O–H groups in total. The van der Waals surface area contributed by atoms with E-state index in [1.807, 2.05) is 30.3 Å². The maximum atomic E-state index is 10.7. The van der Waals surface area contributed by atoms with E-state index in [9.17, 15) is 4.79 Å². The molecule has 20 heavy (non-hydrogen) atoms. The molecule has 2 aromatic rings. The molecule has 1 aromatic heterocycles. The van der Waals surface area contributed by atoms with Crippen molar-refractivity contribution in [3.63, 3.8) is 0 Å². The molecule has 2 rings (SSSR count). The van der Waals surface area contributed by atoms with Gasteiger partial charge in [-0.3, -0.25) is 4.79 Å². The summed E-state index contributed by atoms with van der Waals surface area (Å²) in [6, 6.07) is 11.4. The molecule has 0 saturated heterocycles. The van der Waals surface area contributed by atoms with Gasteiger partial charge in [0.05, 0.1) is 11.6 Å². The Hall–Kier alpha value is -1.95. The Morgan fingerprint density at radius 2 is 2.15 bits per heavy atom. The number of aromatic nitrogens is 2. The van der Waals surface area contributed by atoms with Crippen molar-refractivity contribution in [3.8, 4) is 11.3 Å². The number of hydrogen-bond acceptors (Lipinski definition) is 4. The van der Waals surface area contributed by atoms with Crippen LogP contribution in [0, 0.1) is 5.92 Å². The van der Waals surface area contributed by atoms with E-state index < -0.39 is 11.9 Å². The van der Waals surface area contributed by atoms with Gasteiger partial charge in [0.1, 0.15) is 5.82 Å². The van der Waals surface area contributed by atoms with E-state index in [1.54, 1.807) is 13.0 Å². The Labute approximate surface area is 125 Å². The Morgan fingerprint density at radius 3 is 2.75 bits per heavy atom. The van der Waals surface area contributed by atoms with Gasteiger partial charge in [-0.25, -0.2) is 0 Å². The monoisotopic (exact) mass is 335 g/mol. The molecule has 0 fully saturated rings. The van der Waals surface area contributed by atoms with Crippen molar-refractivity contribution in [3.05, 3.63) is 40.9 Å². The fourth-order valence-electron chi connectivity index (χ4n) is 1.57. The molecule has 6 heteroatoms. The number of aliphatic carboxylic acids is 1. The molecule has 0 aliphatic rings. The third-order valence-electron chi connectivity index (χ3n) is 2.80. The topological polar surface area (TPSA) is 75.1 Å². The van der Waals surface area contributed by atoms with Gasteiger partial charge < -0.3 is 10.4 Å². The number of benzene rings is 1. The second kappa shape index (κ2) is 6.47. The van der Waals surface area contributed by atoms with Gasteiger partial charge in [0, 0.05) is 16.6 Å². The highest BCUT2D eigenvalue weighted by Crippen LogP contribution is 2.21. The van der Waals surface area contributed by atoms with Gasteiger partial charge in [-0.2, -0.15) is 0 Å². The van der Waals surface area contributed by atoms with E-state index in [1.165, 1.54) is 0 Å². The standard InChI is InChI=1S/C14H14BrN3O2/c1-9(14(19)20)8-16-13-6-5-12(17-18-13)10-3-2-4-11(15)7-10/h2-7,9H,8H2,1H3,(H,16,18)(H,19,20). The molecule has 0 saturated carbocycles. The van der Waals surface area contributed by atoms with Crippen LogP contribution in [-0.2, 0) is 4.79 Å². The highest BCUT2D eigenvalue weighted by Gasteiger charge is 2.10. The number of halogens is 1. The summed E-state index contributed by atoms with van der Waals surface area (Å²) in [5.74, 6) is -0.741. The molecule has 0 aliphatic heterocycles. The fourth-order valence-corrected chi connectivity index (χ4v) is 1.97. The Morgan fingerprint density at radius 1 is 1.35 bits per heavy atom. The first kappa shape index (κ1) is 14.5. The smallest absolute Gasteiger partial charge is 0.308 e. The van der Waals surface area contributed by atoms with Crippen LogP contribution in [0.3, 0.4) is 0 Å². The van der Waals surface area contributed by atoms with Crippen LogP contribution in [0.5, 0.6) is 0 Å². The van der Waals surface area contributed by atoms with Crippen LogP contribution in [0.2, 0.25) is 0 Å². The Balaban J connectivity index is 2.05. The van der Waals surface area contributed by atoms with Gasteiger partial charge in [0.2, 0.25) is 0 Å². The number of carboxylic acid groups (broad SMARTS) is 1. The number of anilines is 1. The average molecular weight is 336 g/mol. The first-order valence-electron chi connectivity index (χ1n) is 6.12. The zero-order chi connectivity index (χ0) is 14.5. The van der Waals surface area contributed by atoms with E-state index in [0.29, 0.717) is 12.4 Å². The molecule has 0 radical (unpaired) electrons. The van der Waals surface area contributed by atoms with Crippen LogP contribution in [0.4, 0.5) is 5.82 Å². The molecule has 0 bridgehead atoms. The summed E-state index contributed by atoms with van der Waals surface area (Å²) in [6.07, 6.45) is 0. The molecule has 1 heterocycles. The first-order valence-corrected chi connectivity index (χ1v) is 6.92. The van der Waals surface area contributed by atoms with Gasteiger partial charge in [-0.05, 0) is 24.3 Å². The van der Waals surface area contributed by atoms with Crippen molar-refractivity contribution in [2.75, 3.05) is 11.9 Å². The summed E-state index contributed by atoms with van der Waals surface area (Å²) in [7, 11) is 0. The van der Waals surface area contributed by atoms with Gasteiger partial charge in [-0.1, -0.05) is 35.0 Å². The molecule has 0 aliphatic carbocycles. The number of nitrogens with one attached hydrogen (secondary N) is 1. The maximum Gasteiger partial charge on any atom is 0.308 e. The first-order chi connectivity index (χ1) is 9.56. The van der Waals surface area contributed by atoms with Gasteiger partial charge in [0.15, 0.2) is 0 Å². The minimum absolute atomic E-state index is 0.320. The highest BCUT2D eigenvalue weighted by atomic mass is 79.9. The van der Waals surface area contributed by atoms with E-state index in [0.717, 1.165) is 15.7 Å². The van der Waals surface area contributed by atoms with Crippen molar-refractivity contribution < 1.29 is 9.90 Å². The number of rotatable bonds is 5. The fraction of sp³-hybridized carbons (Fsp3) is 0.214. The van der Waals surface area contributed by atoms with Crippen LogP contribution in [-0.4, -0.2) is 27.8 Å². The third kappa shape index (κ3) is 3.77. The van der Waals surface area contributed by atoms with Crippen LogP contribution in [0.25, 0.3) is 11.3 Å². The summed E-state index contributed by atoms with van der Waals surface area (Å²) in [6.45, 7) is 1.96. The average Bonchev–Trinajstić information content (AvgIpc) is 2.45. The minimum Gasteiger partial charge on any atom is -0.481 e. The van der Waals surface area contributed by atoms with E-state index in [2.05, 4.69) is 31.4 Å². The van der Waals surface area contributed by atoms with Gasteiger partial charge >= 0.3 is 5.97 Å². The Kier molecular flexibility index (Phi) is 4.68. The number of carbonyl (C=O) groups is 1. The van der Waals surface area contributed by atoms with Gasteiger partial charge in [-0.15, -0.1) is 10.2 Å². The maximum absolute atomic E-state index is 10.7. The van der Waals surface area contributed by atoms with Crippen molar-refractivity contribution in [2.24, 2.45) is 5.92 Å². The quantitative estimate of drug-likeness (QED) is 0.878. The molecule has 1 aromatic carbocycles. The van der Waals surface area contributed by atoms with E-state index in [4.69, 9.17) is 5.11 Å². The number of nitrogens with zero attached hydrogens (tertiary/aromatic N) is 2. The second-order valence-corrected chi connectivity index (χ2v) is 5.35. The van der Waals surface area contributed by atoms with Crippen molar-refractivity contribution in [1.82, 2.24) is 10.2 Å². The molecule has 0 amide bonds. The summed E-state index contributed by atoms with van der Waals surface area (Å²) >= 11 is 3.41. The molecular formula is C14H14BrN3O2. The summed E-state index contributed by atoms with van der Waals surface area (Å²) in [5.41, 5.74) is 1.74. The number of carboxylic acids is 1. The third-order valence-corrected chi connectivity index (χ3v) is 3.29. The summed E-state index contributed by atoms with van der Waals surface area (Å²) in [4.78, 5) is 10.7. The zero-order valence-electron chi connectivity index (χ0n) is 10.9. The summed E-state index contributed by atoms with van der Waals surface area (Å²) < 4.78 is 0.981. The van der Waals surface area contributed by atoms with Crippen LogP contribution in [0.15, 0.2) is 40.9 Å². The van der Waals surface area contributed by atoms with E-state index >= 15 is 0 Å². The largest absolute Gasteiger partial charge is 0.481 e. The molecule has 1 atom stereocenters. The van der Waals surface area contributed by atoms with Crippen molar-refractivity contribution in [1.29, 1.82) is 0 Å². The van der Waals surface area contributed by atoms with E-state index in [-0.39, 0.29) is 0 Å².